The lowest BCUT2D eigenvalue weighted by atomic mass is 10.1. The summed E-state index contributed by atoms with van der Waals surface area (Å²) >= 11 is 0. The van der Waals surface area contributed by atoms with Crippen molar-refractivity contribution in [3.05, 3.63) is 24.0 Å². The van der Waals surface area contributed by atoms with Crippen molar-refractivity contribution in [1.29, 1.82) is 0 Å². The fourth-order valence-electron chi connectivity index (χ4n) is 2.53. The van der Waals surface area contributed by atoms with E-state index in [1.165, 1.54) is 37.8 Å². The summed E-state index contributed by atoms with van der Waals surface area (Å²) < 4.78 is 0. The Morgan fingerprint density at radius 3 is 2.86 bits per heavy atom. The molecule has 0 saturated carbocycles. The minimum absolute atomic E-state index is 0.533. The van der Waals surface area contributed by atoms with Gasteiger partial charge in [0.25, 0.3) is 0 Å². The lowest BCUT2D eigenvalue weighted by molar-refractivity contribution is 0.585. The van der Waals surface area contributed by atoms with E-state index in [0.29, 0.717) is 11.9 Å². The van der Waals surface area contributed by atoms with E-state index in [4.69, 9.17) is 5.73 Å². The normalized spacial score (nSPS) is 19.8. The van der Waals surface area contributed by atoms with Gasteiger partial charge in [-0.15, -0.1) is 0 Å². The van der Waals surface area contributed by atoms with Crippen LogP contribution in [0.3, 0.4) is 0 Å². The third-order valence-electron chi connectivity index (χ3n) is 3.89. The van der Waals surface area contributed by atoms with Crippen molar-refractivity contribution in [1.82, 2.24) is 10.6 Å². The summed E-state index contributed by atoms with van der Waals surface area (Å²) in [5.74, 6) is 0.533. The highest BCUT2D eigenvalue weighted by atomic mass is 15.0. The number of hydrogen-bond donors (Lipinski definition) is 3. The molecule has 21 heavy (non-hydrogen) atoms. The van der Waals surface area contributed by atoms with Gasteiger partial charge < -0.3 is 16.4 Å². The van der Waals surface area contributed by atoms with Gasteiger partial charge in [-0.05, 0) is 32.7 Å². The first-order valence-electron chi connectivity index (χ1n) is 8.32. The topological polar surface area (TPSA) is 62.4 Å². The van der Waals surface area contributed by atoms with Crippen LogP contribution in [0.4, 0.5) is 0 Å². The van der Waals surface area contributed by atoms with Gasteiger partial charge in [-0.2, -0.15) is 0 Å². The third-order valence-corrected chi connectivity index (χ3v) is 3.89. The molecule has 4 heteroatoms. The van der Waals surface area contributed by atoms with Gasteiger partial charge in [0.15, 0.2) is 0 Å². The van der Waals surface area contributed by atoms with Crippen LogP contribution in [0.2, 0.25) is 0 Å². The number of unbranched alkanes of at least 4 members (excludes halogenated alkanes) is 3. The van der Waals surface area contributed by atoms with E-state index in [0.717, 1.165) is 31.6 Å². The summed E-state index contributed by atoms with van der Waals surface area (Å²) in [6.07, 6.45) is 10.4. The maximum absolute atomic E-state index is 5.99. The van der Waals surface area contributed by atoms with Gasteiger partial charge in [0.2, 0.25) is 0 Å². The number of amidine groups is 1. The number of nitrogens with zero attached hydrogens (tertiary/aromatic N) is 1. The van der Waals surface area contributed by atoms with Crippen molar-refractivity contribution in [2.24, 2.45) is 10.7 Å². The van der Waals surface area contributed by atoms with Crippen molar-refractivity contribution < 1.29 is 0 Å². The van der Waals surface area contributed by atoms with Gasteiger partial charge >= 0.3 is 0 Å². The number of nitrogens with two attached hydrogens (primary N) is 1. The first-order valence-corrected chi connectivity index (χ1v) is 8.32. The van der Waals surface area contributed by atoms with Crippen LogP contribution in [0.5, 0.6) is 0 Å². The predicted molar refractivity (Wildman–Crippen MR) is 92.3 cm³/mol. The molecule has 4 N–H and O–H groups in total. The van der Waals surface area contributed by atoms with Crippen LogP contribution >= 0.6 is 0 Å². The largest absolute Gasteiger partial charge is 0.382 e. The van der Waals surface area contributed by atoms with Crippen molar-refractivity contribution in [3.8, 4) is 0 Å². The molecule has 0 aliphatic carbocycles. The van der Waals surface area contributed by atoms with Gasteiger partial charge in [-0.3, -0.25) is 4.99 Å². The number of rotatable bonds is 10. The number of hydrogen-bond acceptors (Lipinski definition) is 3. The average molecular weight is 292 g/mol. The Morgan fingerprint density at radius 1 is 1.43 bits per heavy atom. The van der Waals surface area contributed by atoms with Gasteiger partial charge in [0.1, 0.15) is 5.84 Å². The smallest absolute Gasteiger partial charge is 0.141 e. The molecule has 1 rings (SSSR count). The van der Waals surface area contributed by atoms with Crippen molar-refractivity contribution in [2.45, 2.75) is 64.8 Å². The Labute approximate surface area is 130 Å². The van der Waals surface area contributed by atoms with E-state index in [1.54, 1.807) is 0 Å². The standard InChI is InChI=1S/C17H32N4/c1-4-6-7-8-11-20-17(18)14(3)21-15(5-2)13-16-10-9-12-19-16/h5,16,19,21H,3-4,6-13H2,1-2H3,(H2,18,20)/b15-5-. The molecule has 4 nitrogen and oxygen atoms in total. The molecular weight excluding hydrogens is 260 g/mol. The summed E-state index contributed by atoms with van der Waals surface area (Å²) in [6, 6.07) is 0.573. The highest BCUT2D eigenvalue weighted by Gasteiger charge is 2.15. The number of allylic oxidation sites excluding steroid dienone is 1. The molecule has 0 aromatic carbocycles. The minimum Gasteiger partial charge on any atom is -0.382 e. The molecule has 1 atom stereocenters. The summed E-state index contributed by atoms with van der Waals surface area (Å²) in [5.41, 5.74) is 7.88. The molecule has 1 fully saturated rings. The zero-order chi connectivity index (χ0) is 15.5. The molecule has 0 radical (unpaired) electrons. The van der Waals surface area contributed by atoms with E-state index in [2.05, 4.69) is 35.2 Å². The summed E-state index contributed by atoms with van der Waals surface area (Å²) in [6.45, 7) is 10.2. The Hall–Kier alpha value is -1.29. The lowest BCUT2D eigenvalue weighted by Crippen LogP contribution is -2.29. The third kappa shape index (κ3) is 7.32. The highest BCUT2D eigenvalue weighted by molar-refractivity contribution is 5.96. The van der Waals surface area contributed by atoms with Crippen LogP contribution in [-0.2, 0) is 0 Å². The first kappa shape index (κ1) is 17.8. The van der Waals surface area contributed by atoms with E-state index in [1.807, 2.05) is 6.92 Å². The van der Waals surface area contributed by atoms with E-state index < -0.39 is 0 Å². The Bertz CT molecular complexity index is 365. The van der Waals surface area contributed by atoms with Gasteiger partial charge in [-0.1, -0.05) is 38.8 Å². The Balaban J connectivity index is 2.33. The van der Waals surface area contributed by atoms with E-state index in [-0.39, 0.29) is 0 Å². The van der Waals surface area contributed by atoms with E-state index >= 15 is 0 Å². The van der Waals surface area contributed by atoms with Gasteiger partial charge in [0.05, 0.1) is 5.70 Å². The molecule has 0 aromatic rings. The molecular formula is C17H32N4. The SMILES string of the molecule is C=C(N/C(=C\C)CC1CCCN1)/C(N)=N\CCCCCC. The molecule has 1 heterocycles. The second kappa shape index (κ2) is 10.4. The minimum atomic E-state index is 0.533. The maximum Gasteiger partial charge on any atom is 0.141 e. The molecule has 1 aliphatic heterocycles. The molecule has 0 aromatic heterocycles. The molecule has 0 bridgehead atoms. The molecule has 120 valence electrons. The average Bonchev–Trinajstić information content (AvgIpc) is 2.98. The van der Waals surface area contributed by atoms with Crippen molar-refractivity contribution in [3.63, 3.8) is 0 Å². The fraction of sp³-hybridized carbons (Fsp3) is 0.706. The molecule has 1 aliphatic rings. The maximum atomic E-state index is 5.99. The summed E-state index contributed by atoms with van der Waals surface area (Å²) in [5, 5.41) is 6.82. The van der Waals surface area contributed by atoms with E-state index in [9.17, 15) is 0 Å². The zero-order valence-corrected chi connectivity index (χ0v) is 13.8. The first-order chi connectivity index (χ1) is 10.2. The molecule has 0 spiro atoms. The quantitative estimate of drug-likeness (QED) is 0.329. The van der Waals surface area contributed by atoms with Gasteiger partial charge in [-0.25, -0.2) is 0 Å². The van der Waals surface area contributed by atoms with Gasteiger partial charge in [0, 0.05) is 24.7 Å². The lowest BCUT2D eigenvalue weighted by Gasteiger charge is -2.16. The summed E-state index contributed by atoms with van der Waals surface area (Å²) in [7, 11) is 0. The highest BCUT2D eigenvalue weighted by Crippen LogP contribution is 2.13. The molecule has 1 unspecified atom stereocenters. The van der Waals surface area contributed by atoms with Crippen LogP contribution in [0, 0.1) is 0 Å². The van der Waals surface area contributed by atoms with Crippen LogP contribution in [0.1, 0.15) is 58.8 Å². The van der Waals surface area contributed by atoms with Crippen molar-refractivity contribution >= 4 is 5.84 Å². The molecule has 1 saturated heterocycles. The Morgan fingerprint density at radius 2 is 2.24 bits per heavy atom. The van der Waals surface area contributed by atoms with Crippen molar-refractivity contribution in [2.75, 3.05) is 13.1 Å². The predicted octanol–water partition coefficient (Wildman–Crippen LogP) is 3.07. The van der Waals surface area contributed by atoms with Crippen LogP contribution in [0.15, 0.2) is 29.0 Å². The summed E-state index contributed by atoms with van der Waals surface area (Å²) in [4.78, 5) is 4.40. The number of aliphatic imine (C=N–C) groups is 1. The Kier molecular flexibility index (Phi) is 8.83. The van der Waals surface area contributed by atoms with Crippen LogP contribution in [0.25, 0.3) is 0 Å². The second-order valence-corrected chi connectivity index (χ2v) is 5.74. The number of nitrogens with one attached hydrogen (secondary N) is 2. The van der Waals surface area contributed by atoms with Crippen LogP contribution < -0.4 is 16.4 Å². The fourth-order valence-corrected chi connectivity index (χ4v) is 2.53. The second-order valence-electron chi connectivity index (χ2n) is 5.74. The monoisotopic (exact) mass is 292 g/mol. The molecule has 0 amide bonds. The van der Waals surface area contributed by atoms with Crippen LogP contribution in [-0.4, -0.2) is 25.0 Å². The zero-order valence-electron chi connectivity index (χ0n) is 13.8.